The Morgan fingerprint density at radius 2 is 2.00 bits per heavy atom. The Labute approximate surface area is 122 Å². The van der Waals surface area contributed by atoms with Crippen LogP contribution in [0.3, 0.4) is 0 Å². The van der Waals surface area contributed by atoms with Gasteiger partial charge in [-0.1, -0.05) is 5.21 Å². The van der Waals surface area contributed by atoms with E-state index in [1.807, 2.05) is 24.3 Å². The van der Waals surface area contributed by atoms with E-state index in [0.29, 0.717) is 24.8 Å². The molecule has 0 saturated heterocycles. The fraction of sp³-hybridized carbons (Fsp3) is 0.400. The minimum Gasteiger partial charge on any atom is -0.497 e. The summed E-state index contributed by atoms with van der Waals surface area (Å²) >= 11 is 0. The predicted octanol–water partition coefficient (Wildman–Crippen LogP) is 2.06. The fourth-order valence-corrected chi connectivity index (χ4v) is 2.28. The van der Waals surface area contributed by atoms with Crippen molar-refractivity contribution >= 4 is 6.29 Å². The summed E-state index contributed by atoms with van der Waals surface area (Å²) in [6.07, 6.45) is 2.99. The van der Waals surface area contributed by atoms with Crippen molar-refractivity contribution < 1.29 is 14.3 Å². The van der Waals surface area contributed by atoms with Gasteiger partial charge in [0.25, 0.3) is 0 Å². The van der Waals surface area contributed by atoms with Gasteiger partial charge in [0.05, 0.1) is 19.3 Å². The lowest BCUT2D eigenvalue weighted by atomic mass is 10.2. The minimum absolute atomic E-state index is 0.432. The highest BCUT2D eigenvalue weighted by Gasteiger charge is 2.31. The molecule has 0 radical (unpaired) electrons. The van der Waals surface area contributed by atoms with Crippen LogP contribution >= 0.6 is 0 Å². The van der Waals surface area contributed by atoms with E-state index in [-0.39, 0.29) is 0 Å². The van der Waals surface area contributed by atoms with E-state index in [9.17, 15) is 4.79 Å². The van der Waals surface area contributed by atoms with Gasteiger partial charge in [-0.2, -0.15) is 0 Å². The number of carbonyl (C=O) groups is 1. The van der Waals surface area contributed by atoms with Gasteiger partial charge in [0.15, 0.2) is 6.29 Å². The van der Waals surface area contributed by atoms with E-state index in [2.05, 4.69) is 10.3 Å². The average molecular weight is 287 g/mol. The third-order valence-corrected chi connectivity index (χ3v) is 3.51. The van der Waals surface area contributed by atoms with Crippen LogP contribution < -0.4 is 9.47 Å². The molecule has 6 heteroatoms. The van der Waals surface area contributed by atoms with Crippen molar-refractivity contribution in [3.05, 3.63) is 35.7 Å². The van der Waals surface area contributed by atoms with Crippen LogP contribution in [0.25, 0.3) is 0 Å². The number of hydrogen-bond donors (Lipinski definition) is 0. The summed E-state index contributed by atoms with van der Waals surface area (Å²) in [5.74, 6) is 2.01. The van der Waals surface area contributed by atoms with Gasteiger partial charge < -0.3 is 9.47 Å². The molecule has 0 N–H and O–H groups in total. The van der Waals surface area contributed by atoms with Crippen molar-refractivity contribution in [2.75, 3.05) is 13.7 Å². The van der Waals surface area contributed by atoms with Crippen molar-refractivity contribution in [2.45, 2.75) is 25.3 Å². The van der Waals surface area contributed by atoms with Gasteiger partial charge in [-0.25, -0.2) is 4.68 Å². The molecule has 21 heavy (non-hydrogen) atoms. The number of hydrogen-bond acceptors (Lipinski definition) is 5. The molecule has 1 fully saturated rings. The molecule has 0 atom stereocenters. The molecule has 6 nitrogen and oxygen atoms in total. The van der Waals surface area contributed by atoms with E-state index in [1.165, 1.54) is 0 Å². The highest BCUT2D eigenvalue weighted by Crippen LogP contribution is 2.40. The number of ether oxygens (including phenoxy) is 2. The first-order chi connectivity index (χ1) is 10.3. The molecule has 0 amide bonds. The molecule has 1 heterocycles. The quantitative estimate of drug-likeness (QED) is 0.729. The maximum absolute atomic E-state index is 11.0. The van der Waals surface area contributed by atoms with Crippen LogP contribution in [0, 0.1) is 0 Å². The summed E-state index contributed by atoms with van der Waals surface area (Å²) in [6, 6.07) is 7.42. The number of aromatic nitrogens is 3. The molecule has 1 saturated carbocycles. The van der Waals surface area contributed by atoms with Gasteiger partial charge in [-0.15, -0.1) is 5.10 Å². The van der Waals surface area contributed by atoms with E-state index >= 15 is 0 Å². The zero-order valence-corrected chi connectivity index (χ0v) is 11.9. The number of benzene rings is 1. The Kier molecular flexibility index (Phi) is 3.85. The second-order valence-corrected chi connectivity index (χ2v) is 5.00. The molecule has 1 aromatic carbocycles. The zero-order chi connectivity index (χ0) is 14.7. The van der Waals surface area contributed by atoms with Crippen molar-refractivity contribution in [1.29, 1.82) is 0 Å². The maximum atomic E-state index is 11.0. The SMILES string of the molecule is COc1ccc(OCCn2nnc(C=O)c2C2CC2)cc1. The average Bonchev–Trinajstić information content (AvgIpc) is 3.28. The van der Waals surface area contributed by atoms with E-state index in [4.69, 9.17) is 9.47 Å². The lowest BCUT2D eigenvalue weighted by Crippen LogP contribution is -2.12. The Hall–Kier alpha value is -2.37. The lowest BCUT2D eigenvalue weighted by Gasteiger charge is -2.08. The number of nitrogens with zero attached hydrogens (tertiary/aromatic N) is 3. The molecule has 0 spiro atoms. The third kappa shape index (κ3) is 3.04. The van der Waals surface area contributed by atoms with E-state index in [1.54, 1.807) is 11.8 Å². The summed E-state index contributed by atoms with van der Waals surface area (Å²) in [5, 5.41) is 7.96. The van der Waals surface area contributed by atoms with Crippen molar-refractivity contribution in [3.63, 3.8) is 0 Å². The van der Waals surface area contributed by atoms with Gasteiger partial charge >= 0.3 is 0 Å². The van der Waals surface area contributed by atoms with Gasteiger partial charge in [-0.05, 0) is 37.1 Å². The molecule has 1 aliphatic rings. The molecule has 1 aliphatic carbocycles. The topological polar surface area (TPSA) is 66.2 Å². The highest BCUT2D eigenvalue weighted by molar-refractivity contribution is 5.73. The Morgan fingerprint density at radius 1 is 1.29 bits per heavy atom. The van der Waals surface area contributed by atoms with Crippen molar-refractivity contribution in [1.82, 2.24) is 15.0 Å². The minimum atomic E-state index is 0.432. The summed E-state index contributed by atoms with van der Waals surface area (Å²) in [6.45, 7) is 1.06. The largest absolute Gasteiger partial charge is 0.497 e. The monoisotopic (exact) mass is 287 g/mol. The normalized spacial score (nSPS) is 14.0. The summed E-state index contributed by atoms with van der Waals surface area (Å²) < 4.78 is 12.6. The molecule has 2 aromatic rings. The van der Waals surface area contributed by atoms with Crippen LogP contribution in [0.15, 0.2) is 24.3 Å². The molecule has 1 aromatic heterocycles. The zero-order valence-electron chi connectivity index (χ0n) is 11.9. The van der Waals surface area contributed by atoms with Gasteiger partial charge in [-0.3, -0.25) is 4.79 Å². The van der Waals surface area contributed by atoms with Gasteiger partial charge in [0, 0.05) is 5.92 Å². The summed E-state index contributed by atoms with van der Waals surface area (Å²) in [7, 11) is 1.63. The second-order valence-electron chi connectivity index (χ2n) is 5.00. The second kappa shape index (κ2) is 5.95. The standard InChI is InChI=1S/C15H17N3O3/c1-20-12-4-6-13(7-5-12)21-9-8-18-15(11-2-3-11)14(10-19)16-17-18/h4-7,10-11H,2-3,8-9H2,1H3. The Bertz CT molecular complexity index is 618. The maximum Gasteiger partial charge on any atom is 0.172 e. The molecule has 0 unspecified atom stereocenters. The van der Waals surface area contributed by atoms with E-state index in [0.717, 1.165) is 36.3 Å². The van der Waals surface area contributed by atoms with Crippen molar-refractivity contribution in [3.8, 4) is 11.5 Å². The molecule has 0 bridgehead atoms. The van der Waals surface area contributed by atoms with Gasteiger partial charge in [0.1, 0.15) is 23.8 Å². The molecule has 3 rings (SSSR count). The van der Waals surface area contributed by atoms with E-state index < -0.39 is 0 Å². The number of rotatable bonds is 7. The van der Waals surface area contributed by atoms with Gasteiger partial charge in [0.2, 0.25) is 0 Å². The Morgan fingerprint density at radius 3 is 2.62 bits per heavy atom. The van der Waals surface area contributed by atoms with Crippen LogP contribution in [0.2, 0.25) is 0 Å². The lowest BCUT2D eigenvalue weighted by molar-refractivity contribution is 0.111. The fourth-order valence-electron chi connectivity index (χ4n) is 2.28. The van der Waals surface area contributed by atoms with Crippen molar-refractivity contribution in [2.24, 2.45) is 0 Å². The Balaban J connectivity index is 1.60. The third-order valence-electron chi connectivity index (χ3n) is 3.51. The number of methoxy groups -OCH3 is 1. The number of aldehydes is 1. The number of carbonyl (C=O) groups excluding carboxylic acids is 1. The van der Waals surface area contributed by atoms with Crippen LogP contribution in [0.4, 0.5) is 0 Å². The predicted molar refractivity (Wildman–Crippen MR) is 75.9 cm³/mol. The van der Waals surface area contributed by atoms with Crippen LogP contribution in [-0.2, 0) is 6.54 Å². The van der Waals surface area contributed by atoms with Crippen LogP contribution in [-0.4, -0.2) is 35.0 Å². The van der Waals surface area contributed by atoms with Crippen LogP contribution in [0.1, 0.15) is 34.9 Å². The first-order valence-corrected chi connectivity index (χ1v) is 6.97. The highest BCUT2D eigenvalue weighted by atomic mass is 16.5. The summed E-state index contributed by atoms with van der Waals surface area (Å²) in [4.78, 5) is 11.0. The molecular weight excluding hydrogens is 270 g/mol. The first kappa shape index (κ1) is 13.6. The smallest absolute Gasteiger partial charge is 0.172 e. The molecular formula is C15H17N3O3. The summed E-state index contributed by atoms with van der Waals surface area (Å²) in [5.41, 5.74) is 1.41. The molecule has 0 aliphatic heterocycles. The van der Waals surface area contributed by atoms with Crippen LogP contribution in [0.5, 0.6) is 11.5 Å². The molecule has 110 valence electrons. The first-order valence-electron chi connectivity index (χ1n) is 6.97.